The number of β-amino-alcohol motifs (C(OH)–C–C–N with tert-alkyl or cyclic N) is 1. The zero-order valence-corrected chi connectivity index (χ0v) is 14.6. The van der Waals surface area contributed by atoms with Crippen molar-refractivity contribution in [2.75, 3.05) is 26.2 Å². The summed E-state index contributed by atoms with van der Waals surface area (Å²) in [6, 6.07) is 3.90. The lowest BCUT2D eigenvalue weighted by Crippen LogP contribution is -2.51. The number of aryl methyl sites for hydroxylation is 1. The Labute approximate surface area is 142 Å². The molecule has 6 nitrogen and oxygen atoms in total. The third-order valence-electron chi connectivity index (χ3n) is 5.48. The number of carbonyl (C=O) groups is 1. The lowest BCUT2D eigenvalue weighted by Gasteiger charge is -2.41. The first-order valence-electron chi connectivity index (χ1n) is 8.85. The van der Waals surface area contributed by atoms with E-state index in [1.807, 2.05) is 13.0 Å². The Balaban J connectivity index is 1.63. The molecule has 1 N–H and O–H groups in total. The first kappa shape index (κ1) is 17.2. The van der Waals surface area contributed by atoms with Crippen molar-refractivity contribution < 1.29 is 9.90 Å². The number of pyridine rings is 1. The highest BCUT2D eigenvalue weighted by Gasteiger charge is 2.30. The van der Waals surface area contributed by atoms with Crippen molar-refractivity contribution in [2.24, 2.45) is 7.05 Å². The molecule has 3 rings (SSSR count). The number of aromatic nitrogens is 1. The molecular formula is C18H27N3O3. The summed E-state index contributed by atoms with van der Waals surface area (Å²) in [5.41, 5.74) is 0.884. The Bertz CT molecular complexity index is 662. The summed E-state index contributed by atoms with van der Waals surface area (Å²) in [6.45, 7) is 4.99. The summed E-state index contributed by atoms with van der Waals surface area (Å²) in [4.78, 5) is 29.1. The molecule has 132 valence electrons. The van der Waals surface area contributed by atoms with Gasteiger partial charge in [0.1, 0.15) is 5.56 Å². The topological polar surface area (TPSA) is 65.8 Å². The zero-order chi connectivity index (χ0) is 17.3. The van der Waals surface area contributed by atoms with Crippen molar-refractivity contribution in [3.63, 3.8) is 0 Å². The van der Waals surface area contributed by atoms with Crippen LogP contribution in [0.5, 0.6) is 0 Å². The van der Waals surface area contributed by atoms with Gasteiger partial charge in [0.2, 0.25) is 0 Å². The van der Waals surface area contributed by atoms with E-state index in [1.54, 1.807) is 18.0 Å². The van der Waals surface area contributed by atoms with Crippen LogP contribution in [-0.4, -0.2) is 63.7 Å². The molecule has 0 radical (unpaired) electrons. The summed E-state index contributed by atoms with van der Waals surface area (Å²) >= 11 is 0. The van der Waals surface area contributed by atoms with Crippen molar-refractivity contribution in [2.45, 2.75) is 44.8 Å². The summed E-state index contributed by atoms with van der Waals surface area (Å²) in [6.07, 6.45) is 3.54. The predicted octanol–water partition coefficient (Wildman–Crippen LogP) is 0.755. The third-order valence-corrected chi connectivity index (χ3v) is 5.48. The highest BCUT2D eigenvalue weighted by atomic mass is 16.3. The standard InChI is InChI=1S/C18H27N3O3/c1-13-5-6-16(17(23)19(13)2)18(24)20-10-7-14(8-11-20)21-9-3-4-15(22)12-21/h5-6,14-15,22H,3-4,7-12H2,1-2H3. The van der Waals surface area contributed by atoms with Gasteiger partial charge in [-0.1, -0.05) is 0 Å². The van der Waals surface area contributed by atoms with Gasteiger partial charge in [0.05, 0.1) is 6.10 Å². The molecule has 2 fully saturated rings. The van der Waals surface area contributed by atoms with E-state index in [4.69, 9.17) is 0 Å². The van der Waals surface area contributed by atoms with Crippen LogP contribution in [0.15, 0.2) is 16.9 Å². The number of hydrogen-bond donors (Lipinski definition) is 1. The van der Waals surface area contributed by atoms with Gasteiger partial charge in [0.25, 0.3) is 11.5 Å². The average molecular weight is 333 g/mol. The predicted molar refractivity (Wildman–Crippen MR) is 92.2 cm³/mol. The van der Waals surface area contributed by atoms with Crippen LogP contribution in [0.4, 0.5) is 0 Å². The van der Waals surface area contributed by atoms with Crippen molar-refractivity contribution >= 4 is 5.91 Å². The van der Waals surface area contributed by atoms with E-state index in [9.17, 15) is 14.7 Å². The number of amides is 1. The van der Waals surface area contributed by atoms with Gasteiger partial charge >= 0.3 is 0 Å². The molecular weight excluding hydrogens is 306 g/mol. The fraction of sp³-hybridized carbons (Fsp3) is 0.667. The first-order valence-corrected chi connectivity index (χ1v) is 8.85. The maximum Gasteiger partial charge on any atom is 0.263 e. The van der Waals surface area contributed by atoms with Gasteiger partial charge in [-0.25, -0.2) is 0 Å². The summed E-state index contributed by atoms with van der Waals surface area (Å²) in [7, 11) is 1.70. The van der Waals surface area contributed by atoms with Crippen LogP contribution < -0.4 is 5.56 Å². The fourth-order valence-electron chi connectivity index (χ4n) is 3.81. The number of nitrogens with zero attached hydrogens (tertiary/aromatic N) is 3. The highest BCUT2D eigenvalue weighted by Crippen LogP contribution is 2.21. The first-order chi connectivity index (χ1) is 11.5. The number of carbonyl (C=O) groups excluding carboxylic acids is 1. The van der Waals surface area contributed by atoms with E-state index in [0.717, 1.165) is 44.5 Å². The Morgan fingerprint density at radius 3 is 2.54 bits per heavy atom. The normalized spacial score (nSPS) is 23.5. The summed E-state index contributed by atoms with van der Waals surface area (Å²) in [5, 5.41) is 9.83. The minimum atomic E-state index is -0.221. The average Bonchev–Trinajstić information content (AvgIpc) is 2.59. The van der Waals surface area contributed by atoms with Crippen molar-refractivity contribution in [1.29, 1.82) is 0 Å². The van der Waals surface area contributed by atoms with Crippen LogP contribution in [0.25, 0.3) is 0 Å². The molecule has 6 heteroatoms. The molecule has 1 amide bonds. The van der Waals surface area contributed by atoms with Crippen LogP contribution in [0.1, 0.15) is 41.7 Å². The molecule has 0 aromatic carbocycles. The molecule has 1 aromatic heterocycles. The number of piperidine rings is 2. The maximum atomic E-state index is 12.7. The molecule has 2 aliphatic heterocycles. The van der Waals surface area contributed by atoms with E-state index in [2.05, 4.69) is 4.90 Å². The number of aliphatic hydroxyl groups excluding tert-OH is 1. The van der Waals surface area contributed by atoms with Crippen molar-refractivity contribution in [1.82, 2.24) is 14.4 Å². The van der Waals surface area contributed by atoms with Crippen LogP contribution in [0, 0.1) is 6.92 Å². The van der Waals surface area contributed by atoms with Crippen LogP contribution in [-0.2, 0) is 7.05 Å². The van der Waals surface area contributed by atoms with E-state index < -0.39 is 0 Å². The summed E-state index contributed by atoms with van der Waals surface area (Å²) < 4.78 is 1.52. The second-order valence-corrected chi connectivity index (χ2v) is 7.07. The second kappa shape index (κ2) is 7.07. The Kier molecular flexibility index (Phi) is 5.06. The molecule has 3 heterocycles. The molecule has 1 unspecified atom stereocenters. The summed E-state index contributed by atoms with van der Waals surface area (Å²) in [5.74, 6) is -0.160. The molecule has 2 saturated heterocycles. The SMILES string of the molecule is Cc1ccc(C(=O)N2CCC(N3CCCC(O)C3)CC2)c(=O)n1C. The van der Waals surface area contributed by atoms with Gasteiger partial charge in [-0.2, -0.15) is 0 Å². The fourth-order valence-corrected chi connectivity index (χ4v) is 3.81. The minimum absolute atomic E-state index is 0.160. The monoisotopic (exact) mass is 333 g/mol. The number of hydrogen-bond acceptors (Lipinski definition) is 4. The molecule has 0 bridgehead atoms. The Morgan fingerprint density at radius 2 is 1.88 bits per heavy atom. The quantitative estimate of drug-likeness (QED) is 0.868. The molecule has 1 atom stereocenters. The molecule has 2 aliphatic rings. The van der Waals surface area contributed by atoms with Gasteiger partial charge in [-0.05, 0) is 51.3 Å². The van der Waals surface area contributed by atoms with Crippen molar-refractivity contribution in [3.8, 4) is 0 Å². The number of likely N-dealkylation sites (tertiary alicyclic amines) is 2. The molecule has 0 aliphatic carbocycles. The van der Waals surface area contributed by atoms with Gasteiger partial charge in [-0.3, -0.25) is 14.5 Å². The van der Waals surface area contributed by atoms with Gasteiger partial charge in [0.15, 0.2) is 0 Å². The lowest BCUT2D eigenvalue weighted by molar-refractivity contribution is 0.0240. The van der Waals surface area contributed by atoms with E-state index in [-0.39, 0.29) is 23.1 Å². The van der Waals surface area contributed by atoms with Crippen LogP contribution in [0.3, 0.4) is 0 Å². The van der Waals surface area contributed by atoms with Gasteiger partial charge < -0.3 is 14.6 Å². The second-order valence-electron chi connectivity index (χ2n) is 7.07. The molecule has 0 saturated carbocycles. The Morgan fingerprint density at radius 1 is 1.17 bits per heavy atom. The third kappa shape index (κ3) is 3.39. The zero-order valence-electron chi connectivity index (χ0n) is 14.6. The van der Waals surface area contributed by atoms with E-state index in [0.29, 0.717) is 19.1 Å². The van der Waals surface area contributed by atoms with E-state index in [1.165, 1.54) is 4.57 Å². The van der Waals surface area contributed by atoms with Crippen LogP contribution in [0.2, 0.25) is 0 Å². The maximum absolute atomic E-state index is 12.7. The molecule has 24 heavy (non-hydrogen) atoms. The number of aliphatic hydroxyl groups is 1. The van der Waals surface area contributed by atoms with Gasteiger partial charge in [-0.15, -0.1) is 0 Å². The molecule has 0 spiro atoms. The highest BCUT2D eigenvalue weighted by molar-refractivity contribution is 5.93. The van der Waals surface area contributed by atoms with Gasteiger partial charge in [0, 0.05) is 38.4 Å². The smallest absolute Gasteiger partial charge is 0.263 e. The molecule has 1 aromatic rings. The van der Waals surface area contributed by atoms with Crippen molar-refractivity contribution in [3.05, 3.63) is 33.7 Å². The Hall–Kier alpha value is -1.66. The minimum Gasteiger partial charge on any atom is -0.392 e. The number of rotatable bonds is 2. The largest absolute Gasteiger partial charge is 0.392 e. The lowest BCUT2D eigenvalue weighted by atomic mass is 9.98. The van der Waals surface area contributed by atoms with E-state index >= 15 is 0 Å². The van der Waals surface area contributed by atoms with Crippen LogP contribution >= 0.6 is 0 Å².